The van der Waals surface area contributed by atoms with Crippen LogP contribution in [0.25, 0.3) is 0 Å². The van der Waals surface area contributed by atoms with E-state index in [0.29, 0.717) is 0 Å². The van der Waals surface area contributed by atoms with E-state index in [4.69, 9.17) is 4.99 Å². The van der Waals surface area contributed by atoms with Gasteiger partial charge in [-0.2, -0.15) is 0 Å². The molecular weight excluding hydrogens is 473 g/mol. The van der Waals surface area contributed by atoms with E-state index >= 15 is 0 Å². The summed E-state index contributed by atoms with van der Waals surface area (Å²) in [6, 6.07) is 1.85. The van der Waals surface area contributed by atoms with Crippen LogP contribution >= 0.6 is 35.3 Å². The van der Waals surface area contributed by atoms with Crippen molar-refractivity contribution in [2.75, 3.05) is 44.2 Å². The summed E-state index contributed by atoms with van der Waals surface area (Å²) >= 11 is 1.74. The molecular formula is C18H28IN7S. The van der Waals surface area contributed by atoms with Crippen LogP contribution in [0.5, 0.6) is 0 Å². The lowest BCUT2D eigenvalue weighted by atomic mass is 10.3. The van der Waals surface area contributed by atoms with Crippen LogP contribution in [0, 0.1) is 0 Å². The number of piperazine rings is 1. The van der Waals surface area contributed by atoms with Gasteiger partial charge in [-0.15, -0.1) is 35.3 Å². The van der Waals surface area contributed by atoms with Crippen LogP contribution in [-0.4, -0.2) is 65.1 Å². The molecule has 1 aliphatic rings. The van der Waals surface area contributed by atoms with Gasteiger partial charge in [-0.25, -0.2) is 15.0 Å². The van der Waals surface area contributed by atoms with Crippen LogP contribution in [0.1, 0.15) is 24.5 Å². The first-order valence-corrected chi connectivity index (χ1v) is 10.2. The normalized spacial score (nSPS) is 14.8. The lowest BCUT2D eigenvalue weighted by Gasteiger charge is -2.36. The van der Waals surface area contributed by atoms with Gasteiger partial charge in [-0.1, -0.05) is 6.92 Å². The number of hydrogen-bond acceptors (Lipinski definition) is 6. The zero-order valence-corrected chi connectivity index (χ0v) is 19.1. The smallest absolute Gasteiger partial charge is 0.225 e. The molecule has 27 heavy (non-hydrogen) atoms. The number of guanidine groups is 1. The monoisotopic (exact) mass is 501 g/mol. The maximum Gasteiger partial charge on any atom is 0.225 e. The van der Waals surface area contributed by atoms with Gasteiger partial charge in [0.2, 0.25) is 5.95 Å². The van der Waals surface area contributed by atoms with Crippen molar-refractivity contribution in [3.63, 3.8) is 0 Å². The minimum Gasteiger partial charge on any atom is -0.357 e. The Hall–Kier alpha value is -1.49. The number of nitrogens with one attached hydrogen (secondary N) is 1. The Morgan fingerprint density at radius 1 is 1.19 bits per heavy atom. The maximum atomic E-state index is 4.81. The Kier molecular flexibility index (Phi) is 9.19. The van der Waals surface area contributed by atoms with Crippen LogP contribution < -0.4 is 10.2 Å². The van der Waals surface area contributed by atoms with Crippen molar-refractivity contribution in [1.82, 2.24) is 25.2 Å². The topological polar surface area (TPSA) is 69.5 Å². The molecule has 2 aromatic heterocycles. The molecule has 9 heteroatoms. The molecule has 0 spiro atoms. The maximum absolute atomic E-state index is 4.81. The Morgan fingerprint density at radius 2 is 1.93 bits per heavy atom. The molecule has 1 N–H and O–H groups in total. The molecule has 1 fully saturated rings. The average Bonchev–Trinajstić information content (AvgIpc) is 3.16. The van der Waals surface area contributed by atoms with Crippen LogP contribution in [0.15, 0.2) is 28.8 Å². The number of hydrogen-bond donors (Lipinski definition) is 1. The fourth-order valence-corrected chi connectivity index (χ4v) is 3.68. The van der Waals surface area contributed by atoms with Crippen molar-refractivity contribution in [3.05, 3.63) is 34.5 Å². The minimum absolute atomic E-state index is 0. The highest BCUT2D eigenvalue weighted by Crippen LogP contribution is 2.12. The van der Waals surface area contributed by atoms with E-state index in [0.717, 1.165) is 69.7 Å². The van der Waals surface area contributed by atoms with Gasteiger partial charge in [0.1, 0.15) is 0 Å². The largest absolute Gasteiger partial charge is 0.357 e. The lowest BCUT2D eigenvalue weighted by molar-refractivity contribution is 0.370. The summed E-state index contributed by atoms with van der Waals surface area (Å²) in [7, 11) is 0. The Labute approximate surface area is 182 Å². The summed E-state index contributed by atoms with van der Waals surface area (Å²) in [4.78, 5) is 22.7. The number of thiazole rings is 1. The highest BCUT2D eigenvalue weighted by Gasteiger charge is 2.20. The van der Waals surface area contributed by atoms with E-state index in [1.807, 2.05) is 6.07 Å². The number of anilines is 1. The van der Waals surface area contributed by atoms with E-state index in [-0.39, 0.29) is 24.0 Å². The second-order valence-corrected chi connectivity index (χ2v) is 7.04. The highest BCUT2D eigenvalue weighted by molar-refractivity contribution is 14.0. The third-order valence-corrected chi connectivity index (χ3v) is 5.32. The fraction of sp³-hybridized carbons (Fsp3) is 0.556. The molecule has 1 aliphatic heterocycles. The van der Waals surface area contributed by atoms with Gasteiger partial charge in [-0.3, -0.25) is 4.99 Å². The van der Waals surface area contributed by atoms with Crippen molar-refractivity contribution in [3.8, 4) is 0 Å². The lowest BCUT2D eigenvalue weighted by Crippen LogP contribution is -2.53. The second kappa shape index (κ2) is 11.4. The summed E-state index contributed by atoms with van der Waals surface area (Å²) in [6.45, 7) is 9.53. The van der Waals surface area contributed by atoms with Crippen molar-refractivity contribution < 1.29 is 0 Å². The van der Waals surface area contributed by atoms with Gasteiger partial charge < -0.3 is 15.1 Å². The number of aromatic nitrogens is 3. The Morgan fingerprint density at radius 3 is 2.56 bits per heavy atom. The number of aliphatic imine (C=N–C) groups is 1. The van der Waals surface area contributed by atoms with Crippen molar-refractivity contribution in [1.29, 1.82) is 0 Å². The molecule has 0 saturated carbocycles. The van der Waals surface area contributed by atoms with Gasteiger partial charge in [0.25, 0.3) is 0 Å². The Bertz CT molecular complexity index is 699. The molecule has 7 nitrogen and oxygen atoms in total. The zero-order valence-electron chi connectivity index (χ0n) is 16.0. The molecule has 0 aromatic carbocycles. The molecule has 3 heterocycles. The van der Waals surface area contributed by atoms with Crippen LogP contribution in [0.4, 0.5) is 5.95 Å². The van der Waals surface area contributed by atoms with E-state index < -0.39 is 0 Å². The molecule has 2 aromatic rings. The van der Waals surface area contributed by atoms with E-state index in [9.17, 15) is 0 Å². The summed E-state index contributed by atoms with van der Waals surface area (Å²) in [5.74, 6) is 1.80. The van der Waals surface area contributed by atoms with E-state index in [2.05, 4.69) is 49.3 Å². The third kappa shape index (κ3) is 6.27. The summed E-state index contributed by atoms with van der Waals surface area (Å²) in [5.41, 5.74) is 1.15. The SMILES string of the molecule is CCNC(=NCCc1csc(CC)n1)N1CCN(c2ncccn2)CC1.I. The van der Waals surface area contributed by atoms with E-state index in [1.165, 1.54) is 5.01 Å². The number of aryl methyl sites for hydroxylation is 1. The summed E-state index contributed by atoms with van der Waals surface area (Å²) < 4.78 is 0. The molecule has 0 amide bonds. The first kappa shape index (κ1) is 21.8. The van der Waals surface area contributed by atoms with Gasteiger partial charge in [0.15, 0.2) is 5.96 Å². The Balaban J connectivity index is 0.00000261. The van der Waals surface area contributed by atoms with Crippen LogP contribution in [0.2, 0.25) is 0 Å². The van der Waals surface area contributed by atoms with Crippen LogP contribution in [0.3, 0.4) is 0 Å². The quantitative estimate of drug-likeness (QED) is 0.373. The molecule has 3 rings (SSSR count). The molecule has 0 atom stereocenters. The summed E-state index contributed by atoms with van der Waals surface area (Å²) in [6.07, 6.45) is 5.49. The number of rotatable bonds is 6. The predicted octanol–water partition coefficient (Wildman–Crippen LogP) is 2.44. The fourth-order valence-electron chi connectivity index (χ4n) is 2.90. The molecule has 0 unspecified atom stereocenters. The zero-order chi connectivity index (χ0) is 18.2. The number of nitrogens with zero attached hydrogens (tertiary/aromatic N) is 6. The molecule has 148 valence electrons. The molecule has 0 radical (unpaired) electrons. The van der Waals surface area contributed by atoms with Gasteiger partial charge in [0, 0.05) is 63.5 Å². The average molecular weight is 501 g/mol. The first-order chi connectivity index (χ1) is 12.8. The first-order valence-electron chi connectivity index (χ1n) is 9.28. The van der Waals surface area contributed by atoms with Crippen molar-refractivity contribution in [2.24, 2.45) is 4.99 Å². The second-order valence-electron chi connectivity index (χ2n) is 6.09. The van der Waals surface area contributed by atoms with Crippen molar-refractivity contribution >= 4 is 47.2 Å². The molecule has 0 bridgehead atoms. The van der Waals surface area contributed by atoms with E-state index in [1.54, 1.807) is 23.7 Å². The minimum atomic E-state index is 0. The highest BCUT2D eigenvalue weighted by atomic mass is 127. The van der Waals surface area contributed by atoms with Gasteiger partial charge >= 0.3 is 0 Å². The molecule has 1 saturated heterocycles. The van der Waals surface area contributed by atoms with Crippen molar-refractivity contribution in [2.45, 2.75) is 26.7 Å². The summed E-state index contributed by atoms with van der Waals surface area (Å²) in [5, 5.41) is 6.77. The van der Waals surface area contributed by atoms with Gasteiger partial charge in [0.05, 0.1) is 10.7 Å². The standard InChI is InChI=1S/C18H27N7S.HI/c1-3-16-23-15(14-26-16)6-9-22-17(19-4-2)24-10-12-25(13-11-24)18-20-7-5-8-21-18;/h5,7-8,14H,3-4,6,9-13H2,1-2H3,(H,19,22);1H. The molecule has 0 aliphatic carbocycles. The number of halogens is 1. The van der Waals surface area contributed by atoms with Crippen LogP contribution in [-0.2, 0) is 12.8 Å². The van der Waals surface area contributed by atoms with Gasteiger partial charge in [-0.05, 0) is 19.4 Å². The third-order valence-electron chi connectivity index (χ3n) is 4.28. The predicted molar refractivity (Wildman–Crippen MR) is 122 cm³/mol.